The van der Waals surface area contributed by atoms with Crippen LogP contribution in [0.2, 0.25) is 5.02 Å². The van der Waals surface area contributed by atoms with Gasteiger partial charge in [0, 0.05) is 33.5 Å². The average Bonchev–Trinajstić information content (AvgIpc) is 3.31. The highest BCUT2D eigenvalue weighted by atomic mass is 35.5. The number of carbonyl (C=O) groups excluding carboxylic acids is 1. The second-order valence-corrected chi connectivity index (χ2v) is 8.71. The zero-order valence-corrected chi connectivity index (χ0v) is 16.5. The van der Waals surface area contributed by atoms with Crippen molar-refractivity contribution in [2.24, 2.45) is 0 Å². The fourth-order valence-electron chi connectivity index (χ4n) is 3.04. The van der Waals surface area contributed by atoms with Gasteiger partial charge in [-0.2, -0.15) is 0 Å². The molecule has 0 aliphatic carbocycles. The summed E-state index contributed by atoms with van der Waals surface area (Å²) in [5, 5.41) is 5.99. The third kappa shape index (κ3) is 5.74. The second kappa shape index (κ2) is 9.62. The molecule has 0 bridgehead atoms. The maximum absolute atomic E-state index is 12.2. The largest absolute Gasteiger partial charge is 0.354 e. The number of nitrogens with zero attached hydrogens (tertiary/aromatic N) is 1. The molecule has 0 spiro atoms. The Hall–Kier alpha value is -1.01. The molecule has 1 atom stereocenters. The van der Waals surface area contributed by atoms with Crippen LogP contribution in [0.5, 0.6) is 0 Å². The van der Waals surface area contributed by atoms with Gasteiger partial charge in [-0.15, -0.1) is 23.1 Å². The van der Waals surface area contributed by atoms with Gasteiger partial charge in [-0.1, -0.05) is 17.7 Å². The van der Waals surface area contributed by atoms with Gasteiger partial charge in [0.25, 0.3) is 0 Å². The molecule has 1 saturated heterocycles. The monoisotopic (exact) mass is 394 g/mol. The molecule has 2 aromatic rings. The third-order valence-electron chi connectivity index (χ3n) is 4.36. The Kier molecular flexibility index (Phi) is 7.23. The highest BCUT2D eigenvalue weighted by molar-refractivity contribution is 7.99. The van der Waals surface area contributed by atoms with Crippen LogP contribution >= 0.6 is 34.7 Å². The molecule has 1 aromatic carbocycles. The first-order valence-electron chi connectivity index (χ1n) is 8.65. The molecule has 1 aliphatic rings. The van der Waals surface area contributed by atoms with E-state index in [-0.39, 0.29) is 5.91 Å². The van der Waals surface area contributed by atoms with Crippen molar-refractivity contribution in [3.05, 3.63) is 51.7 Å². The van der Waals surface area contributed by atoms with Crippen molar-refractivity contribution in [1.29, 1.82) is 0 Å². The Bertz CT molecular complexity index is 655. The quantitative estimate of drug-likeness (QED) is 0.650. The third-order valence-corrected chi connectivity index (χ3v) is 6.60. The number of carbonyl (C=O) groups is 1. The van der Waals surface area contributed by atoms with E-state index in [9.17, 15) is 4.79 Å². The summed E-state index contributed by atoms with van der Waals surface area (Å²) in [6.07, 6.45) is 3.05. The van der Waals surface area contributed by atoms with Gasteiger partial charge >= 0.3 is 0 Å². The predicted octanol–water partition coefficient (Wildman–Crippen LogP) is 4.84. The zero-order valence-electron chi connectivity index (χ0n) is 14.1. The Balaban J connectivity index is 1.44. The number of nitrogens with one attached hydrogen (secondary N) is 1. The number of benzene rings is 1. The topological polar surface area (TPSA) is 32.3 Å². The molecule has 3 rings (SSSR count). The number of thioether (sulfide) groups is 1. The molecule has 134 valence electrons. The van der Waals surface area contributed by atoms with Crippen LogP contribution in [0.25, 0.3) is 0 Å². The summed E-state index contributed by atoms with van der Waals surface area (Å²) in [6, 6.07) is 12.3. The molecule has 1 amide bonds. The van der Waals surface area contributed by atoms with Crippen LogP contribution in [0.4, 0.5) is 0 Å². The highest BCUT2D eigenvalue weighted by Crippen LogP contribution is 2.28. The number of halogens is 1. The molecule has 25 heavy (non-hydrogen) atoms. The first-order valence-corrected chi connectivity index (χ1v) is 10.9. The predicted molar refractivity (Wildman–Crippen MR) is 108 cm³/mol. The van der Waals surface area contributed by atoms with Gasteiger partial charge in [0.2, 0.25) is 5.91 Å². The number of thiophene rings is 1. The van der Waals surface area contributed by atoms with E-state index in [2.05, 4.69) is 27.7 Å². The fourth-order valence-corrected chi connectivity index (χ4v) is 4.87. The van der Waals surface area contributed by atoms with Crippen LogP contribution in [0.15, 0.2) is 46.7 Å². The van der Waals surface area contributed by atoms with Crippen molar-refractivity contribution in [3.63, 3.8) is 0 Å². The summed E-state index contributed by atoms with van der Waals surface area (Å²) in [6.45, 7) is 2.96. The van der Waals surface area contributed by atoms with Crippen LogP contribution < -0.4 is 5.32 Å². The smallest absolute Gasteiger partial charge is 0.220 e. The molecule has 3 nitrogen and oxygen atoms in total. The van der Waals surface area contributed by atoms with Crippen LogP contribution in [0.3, 0.4) is 0 Å². The minimum Gasteiger partial charge on any atom is -0.354 e. The molecule has 1 N–H and O–H groups in total. The number of hydrogen-bond acceptors (Lipinski definition) is 4. The summed E-state index contributed by atoms with van der Waals surface area (Å²) in [5.74, 6) is 0.906. The Morgan fingerprint density at radius 3 is 2.68 bits per heavy atom. The molecule has 1 unspecified atom stereocenters. The minimum atomic E-state index is 0.127. The van der Waals surface area contributed by atoms with Crippen LogP contribution in [-0.2, 0) is 4.79 Å². The molecule has 1 aliphatic heterocycles. The van der Waals surface area contributed by atoms with Gasteiger partial charge in [-0.25, -0.2) is 0 Å². The van der Waals surface area contributed by atoms with Crippen molar-refractivity contribution >= 4 is 40.6 Å². The maximum Gasteiger partial charge on any atom is 0.220 e. The van der Waals surface area contributed by atoms with Crippen LogP contribution in [0, 0.1) is 0 Å². The second-order valence-electron chi connectivity index (χ2n) is 6.13. The van der Waals surface area contributed by atoms with E-state index in [0.717, 1.165) is 28.8 Å². The lowest BCUT2D eigenvalue weighted by molar-refractivity contribution is -0.120. The van der Waals surface area contributed by atoms with Gasteiger partial charge in [0.05, 0.1) is 6.04 Å². The van der Waals surface area contributed by atoms with Crippen molar-refractivity contribution in [2.45, 2.75) is 30.2 Å². The number of hydrogen-bond donors (Lipinski definition) is 1. The van der Waals surface area contributed by atoms with Gasteiger partial charge in [-0.3, -0.25) is 9.69 Å². The molecule has 1 aromatic heterocycles. The Labute approximate surface area is 162 Å². The van der Waals surface area contributed by atoms with E-state index < -0.39 is 0 Å². The van der Waals surface area contributed by atoms with E-state index in [1.165, 1.54) is 17.7 Å². The summed E-state index contributed by atoms with van der Waals surface area (Å²) in [4.78, 5) is 17.2. The minimum absolute atomic E-state index is 0.127. The average molecular weight is 395 g/mol. The van der Waals surface area contributed by atoms with E-state index in [0.29, 0.717) is 19.0 Å². The zero-order chi connectivity index (χ0) is 17.5. The molecular weight excluding hydrogens is 372 g/mol. The lowest BCUT2D eigenvalue weighted by atomic mass is 10.2. The SMILES string of the molecule is O=C(CCSc1ccc(Cl)cc1)NCC(c1cccs1)N1CCCC1. The number of rotatable bonds is 8. The van der Waals surface area contributed by atoms with Crippen molar-refractivity contribution in [1.82, 2.24) is 10.2 Å². The molecule has 0 saturated carbocycles. The molecule has 0 radical (unpaired) electrons. The van der Waals surface area contributed by atoms with E-state index in [1.807, 2.05) is 24.3 Å². The molecule has 1 fully saturated rings. The van der Waals surface area contributed by atoms with E-state index in [1.54, 1.807) is 23.1 Å². The maximum atomic E-state index is 12.2. The van der Waals surface area contributed by atoms with E-state index >= 15 is 0 Å². The first kappa shape index (κ1) is 18.8. The summed E-state index contributed by atoms with van der Waals surface area (Å²) in [7, 11) is 0. The standard InChI is InChI=1S/C19H23ClN2OS2/c20-15-5-7-16(8-6-15)24-13-9-19(23)21-14-17(18-4-3-12-25-18)22-10-1-2-11-22/h3-8,12,17H,1-2,9-11,13-14H2,(H,21,23). The van der Waals surface area contributed by atoms with Crippen LogP contribution in [0.1, 0.15) is 30.2 Å². The molecule has 2 heterocycles. The van der Waals surface area contributed by atoms with Crippen molar-refractivity contribution in [2.75, 3.05) is 25.4 Å². The van der Waals surface area contributed by atoms with Crippen molar-refractivity contribution in [3.8, 4) is 0 Å². The van der Waals surface area contributed by atoms with E-state index in [4.69, 9.17) is 11.6 Å². The highest BCUT2D eigenvalue weighted by Gasteiger charge is 2.24. The summed E-state index contributed by atoms with van der Waals surface area (Å²) in [5.41, 5.74) is 0. The Morgan fingerprint density at radius 1 is 1.24 bits per heavy atom. The van der Waals surface area contributed by atoms with Crippen LogP contribution in [-0.4, -0.2) is 36.2 Å². The van der Waals surface area contributed by atoms with Gasteiger partial charge in [-0.05, 0) is 61.6 Å². The van der Waals surface area contributed by atoms with Gasteiger partial charge < -0.3 is 5.32 Å². The number of likely N-dealkylation sites (tertiary alicyclic amines) is 1. The lowest BCUT2D eigenvalue weighted by Crippen LogP contribution is -2.36. The number of amides is 1. The fraction of sp³-hybridized carbons (Fsp3) is 0.421. The van der Waals surface area contributed by atoms with Gasteiger partial charge in [0.1, 0.15) is 0 Å². The molecular formula is C19H23ClN2OS2. The first-order chi connectivity index (χ1) is 12.2. The Morgan fingerprint density at radius 2 is 2.00 bits per heavy atom. The normalized spacial score (nSPS) is 16.0. The van der Waals surface area contributed by atoms with Crippen molar-refractivity contribution < 1.29 is 4.79 Å². The summed E-state index contributed by atoms with van der Waals surface area (Å²) >= 11 is 9.35. The summed E-state index contributed by atoms with van der Waals surface area (Å²) < 4.78 is 0. The van der Waals surface area contributed by atoms with Gasteiger partial charge in [0.15, 0.2) is 0 Å². The molecule has 6 heteroatoms. The lowest BCUT2D eigenvalue weighted by Gasteiger charge is -2.26.